The minimum Gasteiger partial charge on any atom is -0.467 e. The summed E-state index contributed by atoms with van der Waals surface area (Å²) in [6.07, 6.45) is 1.73. The number of esters is 1. The summed E-state index contributed by atoms with van der Waals surface area (Å²) in [4.78, 5) is 15.8. The van der Waals surface area contributed by atoms with Crippen LogP contribution >= 0.6 is 15.9 Å². The number of rotatable bonds is 3. The number of nitrogens with zero attached hydrogens (tertiary/aromatic N) is 1. The maximum absolute atomic E-state index is 11.4. The van der Waals surface area contributed by atoms with Crippen LogP contribution in [0.5, 0.6) is 0 Å². The summed E-state index contributed by atoms with van der Waals surface area (Å²) >= 11 is 3.39. The van der Waals surface area contributed by atoms with E-state index in [1.807, 2.05) is 24.3 Å². The third-order valence-electron chi connectivity index (χ3n) is 2.60. The fourth-order valence-corrected chi connectivity index (χ4v) is 2.07. The Labute approximate surface area is 113 Å². The molecule has 0 aliphatic heterocycles. The molecule has 1 aromatic heterocycles. The normalized spacial score (nSPS) is 12.2. The smallest absolute Gasteiger partial charge is 0.327 e. The molecule has 0 aliphatic carbocycles. The Morgan fingerprint density at radius 1 is 1.50 bits per heavy atom. The Morgan fingerprint density at radius 2 is 2.28 bits per heavy atom. The Kier molecular flexibility index (Phi) is 3.81. The van der Waals surface area contributed by atoms with E-state index < -0.39 is 6.04 Å². The summed E-state index contributed by atoms with van der Waals surface area (Å²) in [7, 11) is 1.37. The minimum absolute atomic E-state index is 0.302. The number of carbonyl (C=O) groups is 1. The van der Waals surface area contributed by atoms with Gasteiger partial charge < -0.3 is 10.1 Å². The lowest BCUT2D eigenvalue weighted by atomic mass is 10.2. The highest BCUT2D eigenvalue weighted by atomic mass is 79.9. The van der Waals surface area contributed by atoms with E-state index in [0.29, 0.717) is 0 Å². The molecule has 1 atom stereocenters. The van der Waals surface area contributed by atoms with Crippen LogP contribution in [0, 0.1) is 0 Å². The van der Waals surface area contributed by atoms with Crippen molar-refractivity contribution in [3.8, 4) is 0 Å². The summed E-state index contributed by atoms with van der Waals surface area (Å²) in [5.74, 6) is -0.302. The number of benzene rings is 1. The zero-order chi connectivity index (χ0) is 13.1. The van der Waals surface area contributed by atoms with E-state index in [1.165, 1.54) is 7.11 Å². The average Bonchev–Trinajstić information content (AvgIpc) is 2.37. The molecular weight excluding hydrogens is 296 g/mol. The highest BCUT2D eigenvalue weighted by Crippen LogP contribution is 2.24. The molecular formula is C13H13BrN2O2. The van der Waals surface area contributed by atoms with E-state index in [2.05, 4.69) is 31.0 Å². The third kappa shape index (κ3) is 2.61. The number of pyridine rings is 1. The fourth-order valence-electron chi connectivity index (χ4n) is 1.72. The zero-order valence-corrected chi connectivity index (χ0v) is 11.7. The molecule has 1 unspecified atom stereocenters. The first-order valence-electron chi connectivity index (χ1n) is 5.50. The molecule has 4 nitrogen and oxygen atoms in total. The molecule has 0 spiro atoms. The second-order valence-corrected chi connectivity index (χ2v) is 4.84. The standard InChI is InChI=1S/C13H13BrN2O2/c1-8(13(17)18-2)16-11-5-3-4-9-6-10(14)7-15-12(9)11/h3-8,16H,1-2H3. The van der Waals surface area contributed by atoms with Gasteiger partial charge in [0, 0.05) is 16.1 Å². The van der Waals surface area contributed by atoms with Crippen LogP contribution in [0.1, 0.15) is 6.92 Å². The van der Waals surface area contributed by atoms with E-state index in [9.17, 15) is 4.79 Å². The topological polar surface area (TPSA) is 51.2 Å². The van der Waals surface area contributed by atoms with Crippen molar-refractivity contribution in [1.82, 2.24) is 4.98 Å². The molecule has 0 amide bonds. The van der Waals surface area contributed by atoms with Gasteiger partial charge in [-0.2, -0.15) is 0 Å². The van der Waals surface area contributed by atoms with Gasteiger partial charge in [0.25, 0.3) is 0 Å². The fraction of sp³-hybridized carbons (Fsp3) is 0.231. The summed E-state index contributed by atoms with van der Waals surface area (Å²) in [5.41, 5.74) is 1.65. The maximum Gasteiger partial charge on any atom is 0.327 e. The molecule has 0 bridgehead atoms. The van der Waals surface area contributed by atoms with Gasteiger partial charge in [-0.3, -0.25) is 4.98 Å². The number of carbonyl (C=O) groups excluding carboxylic acids is 1. The maximum atomic E-state index is 11.4. The Hall–Kier alpha value is -1.62. The first-order chi connectivity index (χ1) is 8.61. The molecule has 2 aromatic rings. The quantitative estimate of drug-likeness (QED) is 0.886. The number of para-hydroxylation sites is 1. The number of methoxy groups -OCH3 is 1. The number of anilines is 1. The molecule has 0 saturated carbocycles. The van der Waals surface area contributed by atoms with E-state index >= 15 is 0 Å². The minimum atomic E-state index is -0.411. The zero-order valence-electron chi connectivity index (χ0n) is 10.1. The number of nitrogens with one attached hydrogen (secondary N) is 1. The Balaban J connectivity index is 2.36. The van der Waals surface area contributed by atoms with Gasteiger partial charge in [0.15, 0.2) is 0 Å². The van der Waals surface area contributed by atoms with Crippen molar-refractivity contribution in [2.45, 2.75) is 13.0 Å². The molecule has 94 valence electrons. The van der Waals surface area contributed by atoms with Gasteiger partial charge in [-0.25, -0.2) is 4.79 Å². The van der Waals surface area contributed by atoms with Crippen LogP contribution in [0.25, 0.3) is 10.9 Å². The van der Waals surface area contributed by atoms with Crippen LogP contribution in [-0.4, -0.2) is 24.1 Å². The number of fused-ring (bicyclic) bond motifs is 1. The summed E-state index contributed by atoms with van der Waals surface area (Å²) in [6, 6.07) is 7.36. The lowest BCUT2D eigenvalue weighted by Crippen LogP contribution is -2.27. The van der Waals surface area contributed by atoms with Crippen molar-refractivity contribution < 1.29 is 9.53 Å². The SMILES string of the molecule is COC(=O)C(C)Nc1cccc2cc(Br)cnc12. The molecule has 0 radical (unpaired) electrons. The summed E-state index contributed by atoms with van der Waals surface area (Å²) < 4.78 is 5.61. The monoisotopic (exact) mass is 308 g/mol. The second-order valence-electron chi connectivity index (χ2n) is 3.92. The molecule has 2 rings (SSSR count). The van der Waals surface area contributed by atoms with Crippen LogP contribution in [-0.2, 0) is 9.53 Å². The number of halogens is 1. The summed E-state index contributed by atoms with van der Waals surface area (Å²) in [5, 5.41) is 4.11. The Morgan fingerprint density at radius 3 is 3.00 bits per heavy atom. The average molecular weight is 309 g/mol. The third-order valence-corrected chi connectivity index (χ3v) is 3.04. The van der Waals surface area contributed by atoms with Gasteiger partial charge in [-0.15, -0.1) is 0 Å². The molecule has 0 aliphatic rings. The van der Waals surface area contributed by atoms with Crippen molar-refractivity contribution in [3.63, 3.8) is 0 Å². The first-order valence-corrected chi connectivity index (χ1v) is 6.30. The number of hydrogen-bond acceptors (Lipinski definition) is 4. The van der Waals surface area contributed by atoms with Crippen LogP contribution in [0.15, 0.2) is 34.9 Å². The molecule has 1 N–H and O–H groups in total. The highest BCUT2D eigenvalue weighted by molar-refractivity contribution is 9.10. The molecule has 1 aromatic carbocycles. The largest absolute Gasteiger partial charge is 0.467 e. The van der Waals surface area contributed by atoms with Gasteiger partial charge in [-0.1, -0.05) is 12.1 Å². The van der Waals surface area contributed by atoms with Gasteiger partial charge >= 0.3 is 5.97 Å². The van der Waals surface area contributed by atoms with Crippen molar-refractivity contribution in [2.24, 2.45) is 0 Å². The van der Waals surface area contributed by atoms with Gasteiger partial charge in [-0.05, 0) is 35.0 Å². The van der Waals surface area contributed by atoms with Gasteiger partial charge in [0.1, 0.15) is 6.04 Å². The van der Waals surface area contributed by atoms with Crippen LogP contribution in [0.2, 0.25) is 0 Å². The van der Waals surface area contributed by atoms with E-state index in [1.54, 1.807) is 13.1 Å². The molecule has 18 heavy (non-hydrogen) atoms. The number of hydrogen-bond donors (Lipinski definition) is 1. The number of ether oxygens (including phenoxy) is 1. The van der Waals surface area contributed by atoms with Crippen molar-refractivity contribution in [2.75, 3.05) is 12.4 Å². The summed E-state index contributed by atoms with van der Waals surface area (Å²) in [6.45, 7) is 1.75. The van der Waals surface area contributed by atoms with Crippen molar-refractivity contribution >= 4 is 38.5 Å². The molecule has 5 heteroatoms. The van der Waals surface area contributed by atoms with E-state index in [0.717, 1.165) is 21.1 Å². The van der Waals surface area contributed by atoms with E-state index in [-0.39, 0.29) is 5.97 Å². The van der Waals surface area contributed by atoms with Crippen molar-refractivity contribution in [1.29, 1.82) is 0 Å². The lowest BCUT2D eigenvalue weighted by molar-refractivity contribution is -0.141. The van der Waals surface area contributed by atoms with Gasteiger partial charge in [0.05, 0.1) is 18.3 Å². The second kappa shape index (κ2) is 5.35. The van der Waals surface area contributed by atoms with Gasteiger partial charge in [0.2, 0.25) is 0 Å². The lowest BCUT2D eigenvalue weighted by Gasteiger charge is -2.14. The molecule has 0 saturated heterocycles. The molecule has 0 fully saturated rings. The van der Waals surface area contributed by atoms with Crippen LogP contribution in [0.4, 0.5) is 5.69 Å². The highest BCUT2D eigenvalue weighted by Gasteiger charge is 2.14. The predicted molar refractivity (Wildman–Crippen MR) is 74.5 cm³/mol. The van der Waals surface area contributed by atoms with Crippen LogP contribution in [0.3, 0.4) is 0 Å². The van der Waals surface area contributed by atoms with Crippen LogP contribution < -0.4 is 5.32 Å². The van der Waals surface area contributed by atoms with E-state index in [4.69, 9.17) is 0 Å². The number of aromatic nitrogens is 1. The Bertz CT molecular complexity index is 586. The molecule has 1 heterocycles. The first kappa shape index (κ1) is 12.8. The van der Waals surface area contributed by atoms with Crippen molar-refractivity contribution in [3.05, 3.63) is 34.9 Å². The predicted octanol–water partition coefficient (Wildman–Crippen LogP) is 2.97.